The highest BCUT2D eigenvalue weighted by Crippen LogP contribution is 2.52. The molecule has 2 aromatic rings. The van der Waals surface area contributed by atoms with E-state index in [1.54, 1.807) is 11.8 Å². The number of amides is 1. The van der Waals surface area contributed by atoms with Crippen molar-refractivity contribution in [3.8, 4) is 0 Å². The van der Waals surface area contributed by atoms with Crippen LogP contribution in [0.3, 0.4) is 0 Å². The van der Waals surface area contributed by atoms with Crippen LogP contribution in [-0.2, 0) is 11.2 Å². The predicted octanol–water partition coefficient (Wildman–Crippen LogP) is 4.32. The van der Waals surface area contributed by atoms with E-state index >= 15 is 0 Å². The number of aliphatic imine (C=N–C) groups is 1. The lowest BCUT2D eigenvalue weighted by Crippen LogP contribution is -2.55. The van der Waals surface area contributed by atoms with E-state index in [2.05, 4.69) is 16.0 Å². The lowest BCUT2D eigenvalue weighted by molar-refractivity contribution is -0.120. The van der Waals surface area contributed by atoms with Crippen LogP contribution in [0.15, 0.2) is 53.5 Å². The molecule has 1 saturated heterocycles. The van der Waals surface area contributed by atoms with Crippen molar-refractivity contribution < 1.29 is 4.79 Å². The third-order valence-corrected chi connectivity index (χ3v) is 7.33. The van der Waals surface area contributed by atoms with Gasteiger partial charge in [-0.1, -0.05) is 59.8 Å². The average Bonchev–Trinajstić information content (AvgIpc) is 3.24. The van der Waals surface area contributed by atoms with Gasteiger partial charge in [0.2, 0.25) is 0 Å². The van der Waals surface area contributed by atoms with Gasteiger partial charge in [0.25, 0.3) is 5.91 Å². The number of hydrogen-bond donors (Lipinski definition) is 0. The van der Waals surface area contributed by atoms with Crippen molar-refractivity contribution in [3.05, 3.63) is 64.7 Å². The summed E-state index contributed by atoms with van der Waals surface area (Å²) in [5.41, 5.74) is 3.31. The number of fused-ring (bicyclic) bond motifs is 4. The Morgan fingerprint density at radius 3 is 2.84 bits per heavy atom. The Morgan fingerprint density at radius 1 is 1.16 bits per heavy atom. The molecule has 0 saturated carbocycles. The van der Waals surface area contributed by atoms with Gasteiger partial charge in [0.05, 0.1) is 6.04 Å². The van der Waals surface area contributed by atoms with Crippen molar-refractivity contribution in [2.75, 3.05) is 11.4 Å². The van der Waals surface area contributed by atoms with Crippen LogP contribution in [0.4, 0.5) is 5.69 Å². The number of anilines is 1. The van der Waals surface area contributed by atoms with Gasteiger partial charge in [0, 0.05) is 29.2 Å². The largest absolute Gasteiger partial charge is 0.366 e. The Labute approximate surface area is 156 Å². The van der Waals surface area contributed by atoms with Crippen LogP contribution < -0.4 is 4.90 Å². The molecule has 5 rings (SSSR count). The van der Waals surface area contributed by atoms with Crippen molar-refractivity contribution in [2.24, 2.45) is 4.99 Å². The van der Waals surface area contributed by atoms with Crippen molar-refractivity contribution in [3.63, 3.8) is 0 Å². The lowest BCUT2D eigenvalue weighted by Gasteiger charge is -2.44. The highest BCUT2D eigenvalue weighted by Gasteiger charge is 2.57. The normalized spacial score (nSPS) is 27.4. The molecule has 0 aliphatic carbocycles. The molecule has 2 unspecified atom stereocenters. The van der Waals surface area contributed by atoms with Gasteiger partial charge in [-0.2, -0.15) is 0 Å². The van der Waals surface area contributed by atoms with Crippen molar-refractivity contribution >= 4 is 40.0 Å². The Kier molecular flexibility index (Phi) is 3.47. The third kappa shape index (κ3) is 2.20. The lowest BCUT2D eigenvalue weighted by atomic mass is 9.84. The van der Waals surface area contributed by atoms with Crippen LogP contribution in [-0.4, -0.2) is 28.3 Å². The molecule has 0 N–H and O–H groups in total. The number of carbonyl (C=O) groups excluding carboxylic acids is 1. The van der Waals surface area contributed by atoms with E-state index in [0.717, 1.165) is 40.6 Å². The summed E-state index contributed by atoms with van der Waals surface area (Å²) in [6, 6.07) is 16.3. The summed E-state index contributed by atoms with van der Waals surface area (Å²) in [5, 5.41) is 1.59. The first-order valence-electron chi connectivity index (χ1n) is 8.61. The Morgan fingerprint density at radius 2 is 2.00 bits per heavy atom. The number of nitrogens with zero attached hydrogens (tertiary/aromatic N) is 2. The van der Waals surface area contributed by atoms with Crippen LogP contribution in [0.1, 0.15) is 24.0 Å². The second-order valence-electron chi connectivity index (χ2n) is 6.85. The molecule has 1 fully saturated rings. The van der Waals surface area contributed by atoms with Gasteiger partial charge in [0.15, 0.2) is 0 Å². The molecule has 3 heterocycles. The Hall–Kier alpha value is -1.78. The van der Waals surface area contributed by atoms with Gasteiger partial charge in [-0.05, 0) is 30.5 Å². The smallest absolute Gasteiger partial charge is 0.265 e. The summed E-state index contributed by atoms with van der Waals surface area (Å²) in [4.78, 5) is 20.0. The molecule has 2 aromatic carbocycles. The fourth-order valence-corrected chi connectivity index (χ4v) is 6.06. The molecule has 3 aliphatic rings. The van der Waals surface area contributed by atoms with Gasteiger partial charge in [-0.25, -0.2) is 4.99 Å². The van der Waals surface area contributed by atoms with E-state index in [4.69, 9.17) is 11.6 Å². The zero-order chi connectivity index (χ0) is 17.0. The molecule has 1 spiro atoms. The number of thioether (sulfide) groups is 1. The summed E-state index contributed by atoms with van der Waals surface area (Å²) < 4.78 is -0.542. The Balaban J connectivity index is 1.60. The summed E-state index contributed by atoms with van der Waals surface area (Å²) in [6.45, 7) is 0.980. The number of hydrogen-bond acceptors (Lipinski definition) is 3. The fraction of sp³-hybridized carbons (Fsp3) is 0.300. The van der Waals surface area contributed by atoms with Gasteiger partial charge in [-0.3, -0.25) is 4.79 Å². The zero-order valence-corrected chi connectivity index (χ0v) is 15.2. The van der Waals surface area contributed by atoms with Crippen LogP contribution in [0.2, 0.25) is 5.02 Å². The SMILES string of the molecule is O=C1N=C(c2ccccc2)SC12Cc1c(Cl)cccc1N1CCCC12. The third-order valence-electron chi connectivity index (χ3n) is 5.50. The average molecular weight is 369 g/mol. The van der Waals surface area contributed by atoms with Gasteiger partial charge in [0.1, 0.15) is 9.79 Å². The molecule has 3 aliphatic heterocycles. The van der Waals surface area contributed by atoms with E-state index in [1.165, 1.54) is 5.69 Å². The summed E-state index contributed by atoms with van der Waals surface area (Å²) in [7, 11) is 0. The van der Waals surface area contributed by atoms with E-state index in [1.807, 2.05) is 42.5 Å². The maximum absolute atomic E-state index is 13.1. The molecular weight excluding hydrogens is 352 g/mol. The van der Waals surface area contributed by atoms with Crippen molar-refractivity contribution in [1.82, 2.24) is 0 Å². The monoisotopic (exact) mass is 368 g/mol. The van der Waals surface area contributed by atoms with Crippen LogP contribution >= 0.6 is 23.4 Å². The number of rotatable bonds is 1. The molecule has 0 radical (unpaired) electrons. The topological polar surface area (TPSA) is 32.7 Å². The van der Waals surface area contributed by atoms with E-state index in [9.17, 15) is 4.79 Å². The molecule has 2 atom stereocenters. The first-order chi connectivity index (χ1) is 12.2. The molecule has 0 bridgehead atoms. The summed E-state index contributed by atoms with van der Waals surface area (Å²) >= 11 is 8.15. The molecule has 126 valence electrons. The highest BCUT2D eigenvalue weighted by atomic mass is 35.5. The van der Waals surface area contributed by atoms with E-state index < -0.39 is 4.75 Å². The van der Waals surface area contributed by atoms with Crippen molar-refractivity contribution in [2.45, 2.75) is 30.1 Å². The summed E-state index contributed by atoms with van der Waals surface area (Å²) in [6.07, 6.45) is 2.79. The van der Waals surface area contributed by atoms with E-state index in [-0.39, 0.29) is 11.9 Å². The minimum atomic E-state index is -0.542. The predicted molar refractivity (Wildman–Crippen MR) is 104 cm³/mol. The fourth-order valence-electron chi connectivity index (χ4n) is 4.36. The highest BCUT2D eigenvalue weighted by molar-refractivity contribution is 8.16. The summed E-state index contributed by atoms with van der Waals surface area (Å²) in [5.74, 6) is -0.00109. The molecule has 1 amide bonds. The number of halogens is 1. The first kappa shape index (κ1) is 15.5. The number of carbonyl (C=O) groups is 1. The van der Waals surface area contributed by atoms with Crippen molar-refractivity contribution in [1.29, 1.82) is 0 Å². The maximum Gasteiger partial charge on any atom is 0.265 e. The molecule has 0 aromatic heterocycles. The molecule has 5 heteroatoms. The maximum atomic E-state index is 13.1. The Bertz CT molecular complexity index is 898. The van der Waals surface area contributed by atoms with Crippen LogP contribution in [0.5, 0.6) is 0 Å². The standard InChI is InChI=1S/C20H17ClN2OS/c21-15-8-4-9-16-14(15)12-20(17-10-5-11-23(16)17)19(24)22-18(25-20)13-6-2-1-3-7-13/h1-4,6-9,17H,5,10-12H2. The van der Waals surface area contributed by atoms with Gasteiger partial charge >= 0.3 is 0 Å². The minimum absolute atomic E-state index is 0.00109. The second kappa shape index (κ2) is 5.61. The first-order valence-corrected chi connectivity index (χ1v) is 9.80. The van der Waals surface area contributed by atoms with Crippen LogP contribution in [0, 0.1) is 0 Å². The minimum Gasteiger partial charge on any atom is -0.366 e. The van der Waals surface area contributed by atoms with Crippen LogP contribution in [0.25, 0.3) is 0 Å². The zero-order valence-electron chi connectivity index (χ0n) is 13.6. The number of benzene rings is 2. The molecular formula is C20H17ClN2OS. The quantitative estimate of drug-likeness (QED) is 0.751. The second-order valence-corrected chi connectivity index (χ2v) is 8.57. The van der Waals surface area contributed by atoms with Gasteiger partial charge in [-0.15, -0.1) is 0 Å². The molecule has 25 heavy (non-hydrogen) atoms. The van der Waals surface area contributed by atoms with E-state index in [0.29, 0.717) is 6.42 Å². The van der Waals surface area contributed by atoms with Gasteiger partial charge < -0.3 is 4.90 Å². The molecule has 3 nitrogen and oxygen atoms in total.